The normalized spacial score (nSPS) is 11.2. The van der Waals surface area contributed by atoms with Gasteiger partial charge in [-0.1, -0.05) is 57.6 Å². The van der Waals surface area contributed by atoms with Gasteiger partial charge in [0, 0.05) is 32.3 Å². The Labute approximate surface area is 263 Å². The Kier molecular flexibility index (Phi) is 9.82. The summed E-state index contributed by atoms with van der Waals surface area (Å²) >= 11 is 6.08. The Hall–Kier alpha value is -4.52. The molecule has 0 spiro atoms. The van der Waals surface area contributed by atoms with E-state index in [1.165, 1.54) is 29.2 Å². The molecular formula is C31H24BrN5O4S2. The van der Waals surface area contributed by atoms with Gasteiger partial charge in [-0.25, -0.2) is 0 Å². The molecule has 0 fully saturated rings. The fraction of sp³-hybridized carbons (Fsp3) is 0.0645. The summed E-state index contributed by atoms with van der Waals surface area (Å²) in [4.78, 5) is 39.4. The lowest BCUT2D eigenvalue weighted by Gasteiger charge is -2.11. The van der Waals surface area contributed by atoms with Crippen molar-refractivity contribution >= 4 is 73.6 Å². The number of aromatic nitrogens is 2. The molecule has 216 valence electrons. The highest BCUT2D eigenvalue weighted by Crippen LogP contribution is 2.26. The molecule has 3 aromatic carbocycles. The predicted octanol–water partition coefficient (Wildman–Crippen LogP) is 7.01. The first-order chi connectivity index (χ1) is 20.8. The lowest BCUT2D eigenvalue weighted by molar-refractivity contribution is -0.114. The van der Waals surface area contributed by atoms with Crippen LogP contribution in [0, 0.1) is 6.92 Å². The second-order valence-corrected chi connectivity index (χ2v) is 12.2. The summed E-state index contributed by atoms with van der Waals surface area (Å²) in [6.07, 6.45) is 1.49. The highest BCUT2D eigenvalue weighted by molar-refractivity contribution is 9.10. The lowest BCUT2D eigenvalue weighted by Crippen LogP contribution is -2.30. The number of thioether (sulfide) groups is 1. The van der Waals surface area contributed by atoms with Crippen molar-refractivity contribution in [2.75, 3.05) is 16.4 Å². The van der Waals surface area contributed by atoms with Crippen molar-refractivity contribution in [3.63, 3.8) is 0 Å². The van der Waals surface area contributed by atoms with E-state index in [4.69, 9.17) is 4.42 Å². The van der Waals surface area contributed by atoms with E-state index in [9.17, 15) is 14.4 Å². The van der Waals surface area contributed by atoms with Gasteiger partial charge in [-0.05, 0) is 67.6 Å². The van der Waals surface area contributed by atoms with Gasteiger partial charge in [0.25, 0.3) is 11.8 Å². The van der Waals surface area contributed by atoms with Gasteiger partial charge >= 0.3 is 0 Å². The van der Waals surface area contributed by atoms with Crippen molar-refractivity contribution in [2.45, 2.75) is 11.8 Å². The Morgan fingerprint density at radius 1 is 0.907 bits per heavy atom. The van der Waals surface area contributed by atoms with Crippen molar-refractivity contribution in [1.29, 1.82) is 0 Å². The topological polar surface area (TPSA) is 126 Å². The molecule has 12 heteroatoms. The van der Waals surface area contributed by atoms with Crippen LogP contribution in [0.5, 0.6) is 0 Å². The lowest BCUT2D eigenvalue weighted by atomic mass is 10.2. The average molecular weight is 675 g/mol. The molecule has 0 unspecified atom stereocenters. The highest BCUT2D eigenvalue weighted by atomic mass is 79.9. The molecule has 5 aromatic rings. The van der Waals surface area contributed by atoms with Crippen LogP contribution in [-0.2, 0) is 9.59 Å². The van der Waals surface area contributed by atoms with Gasteiger partial charge in [-0.2, -0.15) is 0 Å². The standard InChI is InChI=1S/C31H24BrN5O4S2/c1-19-36-37-31(43-19)35-28(38)18-42-25-14-11-23(12-15-25)33-30(40)26(34-29(39)21-5-3-2-4-6-21)17-24-13-16-27(41-24)20-7-9-22(32)10-8-20/h2-17H,18H2,1H3,(H,33,40)(H,34,39)(H,35,37,38). The number of nitrogens with zero attached hydrogens (tertiary/aromatic N) is 2. The van der Waals surface area contributed by atoms with Crippen LogP contribution < -0.4 is 16.0 Å². The quantitative estimate of drug-likeness (QED) is 0.108. The van der Waals surface area contributed by atoms with Crippen LogP contribution >= 0.6 is 39.0 Å². The molecule has 2 aromatic heterocycles. The number of benzene rings is 3. The third kappa shape index (κ3) is 8.51. The first-order valence-electron chi connectivity index (χ1n) is 12.9. The van der Waals surface area contributed by atoms with E-state index in [-0.39, 0.29) is 17.4 Å². The van der Waals surface area contributed by atoms with Gasteiger partial charge in [0.05, 0.1) is 5.75 Å². The number of nitrogens with one attached hydrogen (secondary N) is 3. The molecule has 0 radical (unpaired) electrons. The SMILES string of the molecule is Cc1nnc(NC(=O)CSc2ccc(NC(=O)C(=Cc3ccc(-c4ccc(Br)cc4)o3)NC(=O)c3ccccc3)cc2)s1. The van der Waals surface area contributed by atoms with Crippen molar-refractivity contribution in [2.24, 2.45) is 0 Å². The Morgan fingerprint density at radius 2 is 1.65 bits per heavy atom. The van der Waals surface area contributed by atoms with E-state index in [0.29, 0.717) is 27.9 Å². The Balaban J connectivity index is 1.27. The van der Waals surface area contributed by atoms with Crippen LogP contribution in [0.2, 0.25) is 0 Å². The smallest absolute Gasteiger partial charge is 0.272 e. The van der Waals surface area contributed by atoms with Crippen LogP contribution in [-0.4, -0.2) is 33.7 Å². The first kappa shape index (κ1) is 30.0. The minimum Gasteiger partial charge on any atom is -0.457 e. The van der Waals surface area contributed by atoms with Gasteiger partial charge < -0.3 is 15.1 Å². The number of hydrogen-bond donors (Lipinski definition) is 3. The summed E-state index contributed by atoms with van der Waals surface area (Å²) in [7, 11) is 0. The van der Waals surface area contributed by atoms with E-state index in [2.05, 4.69) is 42.1 Å². The maximum atomic E-state index is 13.4. The van der Waals surface area contributed by atoms with E-state index >= 15 is 0 Å². The molecule has 9 nitrogen and oxygen atoms in total. The number of carbonyl (C=O) groups is 3. The maximum absolute atomic E-state index is 13.4. The second-order valence-electron chi connectivity index (χ2n) is 9.03. The molecule has 0 bridgehead atoms. The molecule has 0 aliphatic rings. The first-order valence-corrected chi connectivity index (χ1v) is 15.5. The molecule has 0 aliphatic carbocycles. The van der Waals surface area contributed by atoms with Crippen LogP contribution in [0.15, 0.2) is 110 Å². The largest absolute Gasteiger partial charge is 0.457 e. The van der Waals surface area contributed by atoms with Gasteiger partial charge in [0.15, 0.2) is 0 Å². The molecule has 3 N–H and O–H groups in total. The molecule has 5 rings (SSSR count). The van der Waals surface area contributed by atoms with Crippen molar-refractivity contribution in [3.05, 3.63) is 117 Å². The summed E-state index contributed by atoms with van der Waals surface area (Å²) in [6, 6.07) is 26.8. The van der Waals surface area contributed by atoms with E-state index < -0.39 is 11.8 Å². The molecule has 0 atom stereocenters. The van der Waals surface area contributed by atoms with Crippen molar-refractivity contribution < 1.29 is 18.8 Å². The zero-order valence-electron chi connectivity index (χ0n) is 22.7. The maximum Gasteiger partial charge on any atom is 0.272 e. The van der Waals surface area contributed by atoms with Gasteiger partial charge in [-0.15, -0.1) is 22.0 Å². The van der Waals surface area contributed by atoms with Gasteiger partial charge in [-0.3, -0.25) is 19.7 Å². The summed E-state index contributed by atoms with van der Waals surface area (Å²) in [5.41, 5.74) is 1.79. The molecule has 2 heterocycles. The van der Waals surface area contributed by atoms with Gasteiger partial charge in [0.2, 0.25) is 11.0 Å². The summed E-state index contributed by atoms with van der Waals surface area (Å²) in [6.45, 7) is 1.82. The van der Waals surface area contributed by atoms with E-state index in [1.54, 1.807) is 66.7 Å². The molecule has 0 saturated carbocycles. The third-order valence-electron chi connectivity index (χ3n) is 5.83. The van der Waals surface area contributed by atoms with E-state index in [0.717, 1.165) is 19.9 Å². The monoisotopic (exact) mass is 673 g/mol. The highest BCUT2D eigenvalue weighted by Gasteiger charge is 2.17. The fourth-order valence-corrected chi connectivity index (χ4v) is 5.34. The van der Waals surface area contributed by atoms with Gasteiger partial charge in [0.1, 0.15) is 22.2 Å². The van der Waals surface area contributed by atoms with Crippen molar-refractivity contribution in [3.8, 4) is 11.3 Å². The summed E-state index contributed by atoms with van der Waals surface area (Å²) in [5.74, 6) is 0.0454. The number of hydrogen-bond acceptors (Lipinski definition) is 8. The van der Waals surface area contributed by atoms with Crippen molar-refractivity contribution in [1.82, 2.24) is 15.5 Å². The minimum absolute atomic E-state index is 0.00703. The number of anilines is 2. The number of rotatable bonds is 10. The predicted molar refractivity (Wildman–Crippen MR) is 173 cm³/mol. The average Bonchev–Trinajstić information content (AvgIpc) is 3.65. The summed E-state index contributed by atoms with van der Waals surface area (Å²) < 4.78 is 6.91. The molecule has 0 aliphatic heterocycles. The van der Waals surface area contributed by atoms with Crippen LogP contribution in [0.1, 0.15) is 21.1 Å². The zero-order chi connectivity index (χ0) is 30.2. The van der Waals surface area contributed by atoms with Crippen LogP contribution in [0.4, 0.5) is 10.8 Å². The van der Waals surface area contributed by atoms with Crippen LogP contribution in [0.3, 0.4) is 0 Å². The zero-order valence-corrected chi connectivity index (χ0v) is 25.9. The Morgan fingerprint density at radius 3 is 2.35 bits per heavy atom. The second kappa shape index (κ2) is 14.1. The minimum atomic E-state index is -0.530. The Bertz CT molecular complexity index is 1770. The number of halogens is 1. The van der Waals surface area contributed by atoms with E-state index in [1.807, 2.05) is 31.2 Å². The third-order valence-corrected chi connectivity index (χ3v) is 8.12. The molecular weight excluding hydrogens is 650 g/mol. The molecule has 43 heavy (non-hydrogen) atoms. The number of furan rings is 1. The number of carbonyl (C=O) groups excluding carboxylic acids is 3. The number of amides is 3. The fourth-order valence-electron chi connectivity index (χ4n) is 3.77. The van der Waals surface area contributed by atoms with Crippen LogP contribution in [0.25, 0.3) is 17.4 Å². The number of aryl methyl sites for hydroxylation is 1. The molecule has 3 amide bonds. The summed E-state index contributed by atoms with van der Waals surface area (Å²) in [5, 5.41) is 17.3. The molecule has 0 saturated heterocycles.